The van der Waals surface area contributed by atoms with Crippen LogP contribution in [-0.4, -0.2) is 11.9 Å². The molecule has 1 amide bonds. The van der Waals surface area contributed by atoms with E-state index in [1.54, 1.807) is 0 Å². The van der Waals surface area contributed by atoms with Gasteiger partial charge in [0.15, 0.2) is 0 Å². The minimum absolute atomic E-state index is 0.113. The highest BCUT2D eigenvalue weighted by Crippen LogP contribution is 2.12. The topological polar surface area (TPSA) is 29.1 Å². The molecule has 0 saturated carbocycles. The lowest BCUT2D eigenvalue weighted by Crippen LogP contribution is -2.38. The Morgan fingerprint density at radius 3 is 1.58 bits per heavy atom. The molecule has 0 heterocycles. The second-order valence-corrected chi connectivity index (χ2v) is 3.88. The van der Waals surface area contributed by atoms with Crippen LogP contribution in [0.15, 0.2) is 0 Å². The van der Waals surface area contributed by atoms with Crippen molar-refractivity contribution >= 4 is 5.91 Å². The molecule has 1 N–H and O–H groups in total. The van der Waals surface area contributed by atoms with Crippen LogP contribution in [-0.2, 0) is 4.79 Å². The van der Waals surface area contributed by atoms with Gasteiger partial charge in [-0.05, 0) is 13.8 Å². The lowest BCUT2D eigenvalue weighted by molar-refractivity contribution is -0.129. The van der Waals surface area contributed by atoms with Gasteiger partial charge in [-0.25, -0.2) is 0 Å². The Hall–Kier alpha value is -0.530. The summed E-state index contributed by atoms with van der Waals surface area (Å²) in [6.07, 6.45) is 0. The monoisotopic (exact) mass is 173 g/mol. The van der Waals surface area contributed by atoms with Crippen molar-refractivity contribution in [2.24, 2.45) is 5.41 Å². The van der Waals surface area contributed by atoms with E-state index in [1.165, 1.54) is 0 Å². The fourth-order valence-corrected chi connectivity index (χ4v) is 0.479. The summed E-state index contributed by atoms with van der Waals surface area (Å²) in [4.78, 5) is 11.2. The third-order valence-corrected chi connectivity index (χ3v) is 1.10. The first-order chi connectivity index (χ1) is 5.34. The maximum atomic E-state index is 11.2. The molecule has 0 bridgehead atoms. The van der Waals surface area contributed by atoms with Gasteiger partial charge >= 0.3 is 0 Å². The van der Waals surface area contributed by atoms with Crippen molar-refractivity contribution in [3.8, 4) is 0 Å². The Labute approximate surface area is 76.7 Å². The van der Waals surface area contributed by atoms with Gasteiger partial charge in [0.2, 0.25) is 5.91 Å². The van der Waals surface area contributed by atoms with Crippen LogP contribution in [0.3, 0.4) is 0 Å². The molecule has 0 aromatic heterocycles. The largest absolute Gasteiger partial charge is 0.353 e. The zero-order valence-corrected chi connectivity index (χ0v) is 9.49. The van der Waals surface area contributed by atoms with Crippen LogP contribution in [0.2, 0.25) is 0 Å². The lowest BCUT2D eigenvalue weighted by Gasteiger charge is -2.19. The van der Waals surface area contributed by atoms with Gasteiger partial charge in [-0.3, -0.25) is 4.79 Å². The number of carbonyl (C=O) groups is 1. The number of hydrogen-bond acceptors (Lipinski definition) is 1. The van der Waals surface area contributed by atoms with Crippen molar-refractivity contribution in [1.29, 1.82) is 0 Å². The van der Waals surface area contributed by atoms with E-state index >= 15 is 0 Å². The van der Waals surface area contributed by atoms with Crippen LogP contribution in [0.25, 0.3) is 0 Å². The summed E-state index contributed by atoms with van der Waals surface area (Å²) in [7, 11) is 0. The molecule has 0 aliphatic heterocycles. The zero-order chi connectivity index (χ0) is 10.4. The Morgan fingerprint density at radius 1 is 1.17 bits per heavy atom. The van der Waals surface area contributed by atoms with Gasteiger partial charge in [0.1, 0.15) is 0 Å². The van der Waals surface area contributed by atoms with Crippen molar-refractivity contribution in [3.63, 3.8) is 0 Å². The zero-order valence-electron chi connectivity index (χ0n) is 9.49. The minimum atomic E-state index is -0.260. The van der Waals surface area contributed by atoms with Gasteiger partial charge < -0.3 is 5.32 Å². The van der Waals surface area contributed by atoms with Crippen molar-refractivity contribution in [1.82, 2.24) is 5.32 Å². The summed E-state index contributed by atoms with van der Waals surface area (Å²) >= 11 is 0. The Balaban J connectivity index is 0. The quantitative estimate of drug-likeness (QED) is 0.649. The van der Waals surface area contributed by atoms with Gasteiger partial charge in [-0.2, -0.15) is 0 Å². The van der Waals surface area contributed by atoms with Crippen molar-refractivity contribution in [3.05, 3.63) is 0 Å². The molecule has 0 aromatic rings. The molecule has 0 aromatic carbocycles. The summed E-state index contributed by atoms with van der Waals surface area (Å²) in [6, 6.07) is 0.242. The predicted molar refractivity (Wildman–Crippen MR) is 54.1 cm³/mol. The number of carbonyl (C=O) groups excluding carboxylic acids is 1. The van der Waals surface area contributed by atoms with Gasteiger partial charge in [0, 0.05) is 11.5 Å². The molecule has 0 saturated heterocycles. The standard InChI is InChI=1S/C8H17NO.C2H6/c1-6(2)9-7(10)8(3,4)5;1-2/h6H,1-5H3,(H,9,10);1-2H3. The Bertz CT molecular complexity index is 122. The van der Waals surface area contributed by atoms with Crippen molar-refractivity contribution < 1.29 is 4.79 Å². The first kappa shape index (κ1) is 14.0. The SMILES string of the molecule is CC.CC(C)NC(=O)C(C)(C)C. The number of hydrogen-bond donors (Lipinski definition) is 1. The maximum Gasteiger partial charge on any atom is 0.225 e. The lowest BCUT2D eigenvalue weighted by atomic mass is 9.95. The fourth-order valence-electron chi connectivity index (χ4n) is 0.479. The van der Waals surface area contributed by atoms with E-state index in [1.807, 2.05) is 48.5 Å². The van der Waals surface area contributed by atoms with Crippen LogP contribution in [0.5, 0.6) is 0 Å². The second kappa shape index (κ2) is 6.04. The third-order valence-electron chi connectivity index (χ3n) is 1.10. The molecule has 0 aliphatic carbocycles. The predicted octanol–water partition coefficient (Wildman–Crippen LogP) is 2.58. The molecule has 12 heavy (non-hydrogen) atoms. The molecule has 2 nitrogen and oxygen atoms in total. The maximum absolute atomic E-state index is 11.2. The molecule has 0 radical (unpaired) electrons. The molecule has 0 spiro atoms. The van der Waals surface area contributed by atoms with E-state index in [-0.39, 0.29) is 17.4 Å². The number of rotatable bonds is 1. The highest BCUT2D eigenvalue weighted by atomic mass is 16.2. The Morgan fingerprint density at radius 2 is 1.50 bits per heavy atom. The van der Waals surface area contributed by atoms with Crippen LogP contribution in [0, 0.1) is 5.41 Å². The minimum Gasteiger partial charge on any atom is -0.353 e. The van der Waals surface area contributed by atoms with Gasteiger partial charge in [0.25, 0.3) is 0 Å². The van der Waals surface area contributed by atoms with Crippen LogP contribution >= 0.6 is 0 Å². The van der Waals surface area contributed by atoms with E-state index in [4.69, 9.17) is 0 Å². The summed E-state index contributed by atoms with van der Waals surface area (Å²) in [5.74, 6) is 0.113. The summed E-state index contributed by atoms with van der Waals surface area (Å²) in [5.41, 5.74) is -0.260. The van der Waals surface area contributed by atoms with Crippen LogP contribution < -0.4 is 5.32 Å². The average molecular weight is 173 g/mol. The third kappa shape index (κ3) is 7.58. The second-order valence-electron chi connectivity index (χ2n) is 3.88. The Kier molecular flexibility index (Phi) is 7.05. The van der Waals surface area contributed by atoms with E-state index in [0.717, 1.165) is 0 Å². The average Bonchev–Trinajstić information content (AvgIpc) is 1.88. The highest BCUT2D eigenvalue weighted by Gasteiger charge is 2.20. The molecule has 74 valence electrons. The van der Waals surface area contributed by atoms with E-state index in [2.05, 4.69) is 5.32 Å². The normalized spacial score (nSPS) is 10.3. The molecule has 0 atom stereocenters. The van der Waals surface area contributed by atoms with Crippen molar-refractivity contribution in [2.45, 2.75) is 54.5 Å². The van der Waals surface area contributed by atoms with E-state index in [0.29, 0.717) is 0 Å². The molecule has 0 fully saturated rings. The highest BCUT2D eigenvalue weighted by molar-refractivity contribution is 5.81. The van der Waals surface area contributed by atoms with Crippen LogP contribution in [0.4, 0.5) is 0 Å². The molecule has 0 aliphatic rings. The number of nitrogens with one attached hydrogen (secondary N) is 1. The molecule has 2 heteroatoms. The smallest absolute Gasteiger partial charge is 0.225 e. The first-order valence-electron chi connectivity index (χ1n) is 4.65. The summed E-state index contributed by atoms with van der Waals surface area (Å²) < 4.78 is 0. The summed E-state index contributed by atoms with van der Waals surface area (Å²) in [6.45, 7) is 13.6. The molecular formula is C10H23NO. The number of amides is 1. The summed E-state index contributed by atoms with van der Waals surface area (Å²) in [5, 5.41) is 2.84. The fraction of sp³-hybridized carbons (Fsp3) is 0.900. The van der Waals surface area contributed by atoms with Crippen LogP contribution in [0.1, 0.15) is 48.5 Å². The first-order valence-corrected chi connectivity index (χ1v) is 4.65. The van der Waals surface area contributed by atoms with E-state index in [9.17, 15) is 4.79 Å². The molecule has 0 rings (SSSR count). The molecular weight excluding hydrogens is 150 g/mol. The van der Waals surface area contributed by atoms with E-state index < -0.39 is 0 Å². The van der Waals surface area contributed by atoms with Gasteiger partial charge in [-0.1, -0.05) is 34.6 Å². The van der Waals surface area contributed by atoms with Gasteiger partial charge in [0.05, 0.1) is 0 Å². The van der Waals surface area contributed by atoms with Gasteiger partial charge in [-0.15, -0.1) is 0 Å². The van der Waals surface area contributed by atoms with Crippen molar-refractivity contribution in [2.75, 3.05) is 0 Å². The molecule has 0 unspecified atom stereocenters.